The molecule has 1 aliphatic rings. The van der Waals surface area contributed by atoms with Gasteiger partial charge in [0.1, 0.15) is 5.78 Å². The molecule has 11 heavy (non-hydrogen) atoms. The van der Waals surface area contributed by atoms with Crippen molar-refractivity contribution in [2.75, 3.05) is 0 Å². The van der Waals surface area contributed by atoms with Gasteiger partial charge < -0.3 is 0 Å². The van der Waals surface area contributed by atoms with Gasteiger partial charge in [0.05, 0.1) is 0 Å². The van der Waals surface area contributed by atoms with E-state index in [1.165, 1.54) is 0 Å². The Morgan fingerprint density at radius 2 is 2.27 bits per heavy atom. The molecule has 0 spiro atoms. The molecule has 0 atom stereocenters. The minimum absolute atomic E-state index is 0.0845. The zero-order valence-electron chi connectivity index (χ0n) is 7.23. The maximum atomic E-state index is 11.4. The molecular formula is C10H16O. The number of ketones is 1. The Labute approximate surface area is 68.5 Å². The van der Waals surface area contributed by atoms with Gasteiger partial charge in [0, 0.05) is 11.8 Å². The van der Waals surface area contributed by atoms with Gasteiger partial charge in [-0.3, -0.25) is 4.79 Å². The van der Waals surface area contributed by atoms with Crippen molar-refractivity contribution in [3.63, 3.8) is 0 Å². The third-order valence-corrected chi connectivity index (χ3v) is 2.49. The highest BCUT2D eigenvalue weighted by Gasteiger charge is 2.43. The molecule has 1 heteroatoms. The minimum Gasteiger partial charge on any atom is -0.299 e. The third-order valence-electron chi connectivity index (χ3n) is 2.49. The summed E-state index contributed by atoms with van der Waals surface area (Å²) in [6, 6.07) is 0. The molecule has 0 aromatic heterocycles. The molecule has 0 bridgehead atoms. The summed E-state index contributed by atoms with van der Waals surface area (Å²) >= 11 is 0. The molecule has 0 unspecified atom stereocenters. The Morgan fingerprint density at radius 1 is 1.64 bits per heavy atom. The molecule has 1 saturated carbocycles. The fraction of sp³-hybridized carbons (Fsp3) is 0.700. The van der Waals surface area contributed by atoms with Gasteiger partial charge >= 0.3 is 0 Å². The summed E-state index contributed by atoms with van der Waals surface area (Å²) in [6.07, 6.45) is 6.81. The minimum atomic E-state index is 0.0845. The van der Waals surface area contributed by atoms with E-state index in [-0.39, 0.29) is 5.41 Å². The lowest BCUT2D eigenvalue weighted by molar-refractivity contribution is -0.123. The van der Waals surface area contributed by atoms with Crippen molar-refractivity contribution < 1.29 is 4.79 Å². The summed E-state index contributed by atoms with van der Waals surface area (Å²) in [5.41, 5.74) is 0.0845. The Morgan fingerprint density at radius 3 is 2.73 bits per heavy atom. The average molecular weight is 152 g/mol. The first-order valence-electron chi connectivity index (χ1n) is 4.33. The molecule has 0 aromatic carbocycles. The van der Waals surface area contributed by atoms with Crippen LogP contribution < -0.4 is 0 Å². The highest BCUT2D eigenvalue weighted by molar-refractivity contribution is 5.86. The van der Waals surface area contributed by atoms with Crippen LogP contribution in [0.3, 0.4) is 0 Å². The number of allylic oxidation sites excluding steroid dienone is 1. The number of Topliss-reactive ketones (excluding diaryl/α,β-unsaturated/α-hetero) is 1. The van der Waals surface area contributed by atoms with E-state index in [0.29, 0.717) is 5.78 Å². The van der Waals surface area contributed by atoms with Gasteiger partial charge in [-0.15, -0.1) is 6.58 Å². The smallest absolute Gasteiger partial charge is 0.138 e. The largest absolute Gasteiger partial charge is 0.299 e. The van der Waals surface area contributed by atoms with Gasteiger partial charge in [-0.1, -0.05) is 13.0 Å². The van der Waals surface area contributed by atoms with E-state index in [1.54, 1.807) is 0 Å². The number of rotatable bonds is 5. The van der Waals surface area contributed by atoms with Crippen molar-refractivity contribution in [2.45, 2.75) is 39.0 Å². The second-order valence-corrected chi connectivity index (χ2v) is 3.66. The summed E-state index contributed by atoms with van der Waals surface area (Å²) in [5.74, 6) is 0.458. The van der Waals surface area contributed by atoms with E-state index >= 15 is 0 Å². The second kappa shape index (κ2) is 3.21. The standard InChI is InChI=1S/C10H16O/c1-3-4-5-6-9(11)10(2)7-8-10/h3H,1,4-8H2,2H3. The summed E-state index contributed by atoms with van der Waals surface area (Å²) in [4.78, 5) is 11.4. The molecule has 1 rings (SSSR count). The van der Waals surface area contributed by atoms with Gasteiger partial charge in [-0.2, -0.15) is 0 Å². The fourth-order valence-electron chi connectivity index (χ4n) is 1.18. The van der Waals surface area contributed by atoms with Crippen LogP contribution in [0.1, 0.15) is 39.0 Å². The normalized spacial score (nSPS) is 19.4. The first-order chi connectivity index (χ1) is 5.19. The van der Waals surface area contributed by atoms with E-state index in [0.717, 1.165) is 32.1 Å². The average Bonchev–Trinajstić information content (AvgIpc) is 2.70. The monoisotopic (exact) mass is 152 g/mol. The quantitative estimate of drug-likeness (QED) is 0.437. The SMILES string of the molecule is C=CCCCC(=O)C1(C)CC1. The molecule has 1 aliphatic carbocycles. The van der Waals surface area contributed by atoms with Crippen molar-refractivity contribution in [1.29, 1.82) is 0 Å². The van der Waals surface area contributed by atoms with Crippen LogP contribution in [0.25, 0.3) is 0 Å². The molecule has 0 N–H and O–H groups in total. The molecule has 0 saturated heterocycles. The zero-order chi connectivity index (χ0) is 8.32. The number of hydrogen-bond acceptors (Lipinski definition) is 1. The van der Waals surface area contributed by atoms with Gasteiger partial charge in [-0.05, 0) is 25.7 Å². The Kier molecular flexibility index (Phi) is 2.48. The van der Waals surface area contributed by atoms with E-state index in [2.05, 4.69) is 13.5 Å². The second-order valence-electron chi connectivity index (χ2n) is 3.66. The number of hydrogen-bond donors (Lipinski definition) is 0. The number of unbranched alkanes of at least 4 members (excludes halogenated alkanes) is 1. The van der Waals surface area contributed by atoms with Crippen LogP contribution >= 0.6 is 0 Å². The van der Waals surface area contributed by atoms with Crippen LogP contribution in [0, 0.1) is 5.41 Å². The van der Waals surface area contributed by atoms with Crippen LogP contribution in [0.4, 0.5) is 0 Å². The molecule has 0 radical (unpaired) electrons. The molecule has 1 fully saturated rings. The van der Waals surface area contributed by atoms with Crippen LogP contribution in [0.5, 0.6) is 0 Å². The fourth-order valence-corrected chi connectivity index (χ4v) is 1.18. The zero-order valence-corrected chi connectivity index (χ0v) is 7.23. The molecular weight excluding hydrogens is 136 g/mol. The van der Waals surface area contributed by atoms with Crippen LogP contribution in [0.15, 0.2) is 12.7 Å². The van der Waals surface area contributed by atoms with Gasteiger partial charge in [0.2, 0.25) is 0 Å². The van der Waals surface area contributed by atoms with E-state index < -0.39 is 0 Å². The maximum absolute atomic E-state index is 11.4. The lowest BCUT2D eigenvalue weighted by Crippen LogP contribution is -2.10. The number of carbonyl (C=O) groups excluding carboxylic acids is 1. The molecule has 0 aliphatic heterocycles. The maximum Gasteiger partial charge on any atom is 0.138 e. The van der Waals surface area contributed by atoms with Crippen molar-refractivity contribution in [3.8, 4) is 0 Å². The molecule has 0 heterocycles. The molecule has 0 aromatic rings. The van der Waals surface area contributed by atoms with Crippen molar-refractivity contribution in [1.82, 2.24) is 0 Å². The van der Waals surface area contributed by atoms with Crippen molar-refractivity contribution >= 4 is 5.78 Å². The summed E-state index contributed by atoms with van der Waals surface area (Å²) in [5, 5.41) is 0. The number of carbonyl (C=O) groups is 1. The summed E-state index contributed by atoms with van der Waals surface area (Å²) < 4.78 is 0. The predicted molar refractivity (Wildman–Crippen MR) is 46.4 cm³/mol. The molecule has 1 nitrogen and oxygen atoms in total. The van der Waals surface area contributed by atoms with Crippen LogP contribution in [0.2, 0.25) is 0 Å². The van der Waals surface area contributed by atoms with Crippen LogP contribution in [-0.2, 0) is 4.79 Å². The van der Waals surface area contributed by atoms with Crippen molar-refractivity contribution in [2.24, 2.45) is 5.41 Å². The summed E-state index contributed by atoms with van der Waals surface area (Å²) in [7, 11) is 0. The van der Waals surface area contributed by atoms with Crippen molar-refractivity contribution in [3.05, 3.63) is 12.7 Å². The van der Waals surface area contributed by atoms with Gasteiger partial charge in [0.15, 0.2) is 0 Å². The topological polar surface area (TPSA) is 17.1 Å². The Hall–Kier alpha value is -0.590. The highest BCUT2D eigenvalue weighted by Crippen LogP contribution is 2.46. The van der Waals surface area contributed by atoms with Gasteiger partial charge in [-0.25, -0.2) is 0 Å². The lowest BCUT2D eigenvalue weighted by atomic mass is 9.99. The Bertz CT molecular complexity index is 166. The van der Waals surface area contributed by atoms with Gasteiger partial charge in [0.25, 0.3) is 0 Å². The van der Waals surface area contributed by atoms with E-state index in [4.69, 9.17) is 0 Å². The summed E-state index contributed by atoms with van der Waals surface area (Å²) in [6.45, 7) is 5.70. The van der Waals surface area contributed by atoms with Crippen LogP contribution in [-0.4, -0.2) is 5.78 Å². The third kappa shape index (κ3) is 2.18. The molecule has 62 valence electrons. The highest BCUT2D eigenvalue weighted by atomic mass is 16.1. The Balaban J connectivity index is 2.16. The predicted octanol–water partition coefficient (Wildman–Crippen LogP) is 2.71. The first-order valence-corrected chi connectivity index (χ1v) is 4.33. The molecule has 0 amide bonds. The lowest BCUT2D eigenvalue weighted by Gasteiger charge is -2.04. The van der Waals surface area contributed by atoms with E-state index in [1.807, 2.05) is 6.08 Å². The first kappa shape index (κ1) is 8.51. The van der Waals surface area contributed by atoms with E-state index in [9.17, 15) is 4.79 Å².